The number of phenolic OH excluding ortho intramolecular Hbond substituents is 4. The topological polar surface area (TPSA) is 303 Å². The molecule has 2 aliphatic carbocycles. The summed E-state index contributed by atoms with van der Waals surface area (Å²) in [5, 5.41) is 62.7. The van der Waals surface area contributed by atoms with Crippen molar-refractivity contribution >= 4 is 47.7 Å². The fourth-order valence-electron chi connectivity index (χ4n) is 15.2. The van der Waals surface area contributed by atoms with Crippen molar-refractivity contribution in [1.29, 1.82) is 0 Å². The fraction of sp³-hybridized carbons (Fsp3) is 0.216. The molecule has 24 heteroatoms. The van der Waals surface area contributed by atoms with Crippen LogP contribution in [0.15, 0.2) is 212 Å². The number of rotatable bonds is 27. The van der Waals surface area contributed by atoms with Gasteiger partial charge in [0, 0.05) is 77.6 Å². The number of aryl methyl sites for hydroxylation is 1. The summed E-state index contributed by atoms with van der Waals surface area (Å²) in [6.45, 7) is 3.44. The Morgan fingerprint density at radius 2 is 0.778 bits per heavy atom. The zero-order valence-electron chi connectivity index (χ0n) is 73.0. The van der Waals surface area contributed by atoms with Crippen molar-refractivity contribution in [2.45, 2.75) is 44.0 Å². The second-order valence-corrected chi connectivity index (χ2v) is 28.8. The van der Waals surface area contributed by atoms with Gasteiger partial charge in [0.2, 0.25) is 0 Å². The Hall–Kier alpha value is -14.9. The Labute approximate surface area is 732 Å². The molecule has 126 heavy (non-hydrogen) atoms. The monoisotopic (exact) mass is 1710 g/mol. The van der Waals surface area contributed by atoms with Crippen LogP contribution < -0.4 is 71.1 Å². The molecule has 6 N–H and O–H groups in total. The number of aromatic hydroxyl groups is 4. The van der Waals surface area contributed by atoms with E-state index in [4.69, 9.17) is 80.9 Å². The molecule has 0 spiro atoms. The zero-order chi connectivity index (χ0) is 90.6. The molecular formula is C102H102O24. The van der Waals surface area contributed by atoms with Gasteiger partial charge < -0.3 is 106 Å². The molecule has 654 valence electrons. The van der Waals surface area contributed by atoms with Crippen molar-refractivity contribution in [3.63, 3.8) is 0 Å². The molecule has 2 unspecified atom stereocenters. The van der Waals surface area contributed by atoms with E-state index in [0.29, 0.717) is 102 Å². The lowest BCUT2D eigenvalue weighted by atomic mass is 9.82. The minimum absolute atomic E-state index is 0.0235. The minimum Gasteiger partial charge on any atom is -0.508 e. The van der Waals surface area contributed by atoms with E-state index in [-0.39, 0.29) is 40.0 Å². The Balaban J connectivity index is 0.000000170. The molecule has 12 aromatic carbocycles. The number of hydrogen-bond donors (Lipinski definition) is 6. The lowest BCUT2D eigenvalue weighted by Gasteiger charge is -2.29. The van der Waals surface area contributed by atoms with Gasteiger partial charge in [-0.3, -0.25) is 9.59 Å². The lowest BCUT2D eigenvalue weighted by Crippen LogP contribution is -2.19. The van der Waals surface area contributed by atoms with Gasteiger partial charge in [-0.1, -0.05) is 72.8 Å². The maximum atomic E-state index is 13.9. The predicted molar refractivity (Wildman–Crippen MR) is 482 cm³/mol. The van der Waals surface area contributed by atoms with Gasteiger partial charge in [0.1, 0.15) is 128 Å². The van der Waals surface area contributed by atoms with Gasteiger partial charge in [0.15, 0.2) is 5.78 Å². The van der Waals surface area contributed by atoms with Gasteiger partial charge in [-0.25, -0.2) is 0 Å². The zero-order valence-corrected chi connectivity index (χ0v) is 73.0. The maximum absolute atomic E-state index is 13.9. The van der Waals surface area contributed by atoms with Gasteiger partial charge in [0.05, 0.1) is 118 Å². The van der Waals surface area contributed by atoms with Crippen LogP contribution >= 0.6 is 0 Å². The predicted octanol–water partition coefficient (Wildman–Crippen LogP) is 19.2. The van der Waals surface area contributed by atoms with E-state index in [2.05, 4.69) is 49.4 Å². The third kappa shape index (κ3) is 21.2. The van der Waals surface area contributed by atoms with Gasteiger partial charge in [-0.05, 0) is 212 Å². The molecule has 0 heterocycles. The summed E-state index contributed by atoms with van der Waals surface area (Å²) in [5.41, 5.74) is 13.7. The summed E-state index contributed by atoms with van der Waals surface area (Å²) >= 11 is 0. The number of carbonyl (C=O) groups is 2. The molecule has 0 aromatic heterocycles. The number of allylic oxidation sites excluding steroid dienone is 1. The normalized spacial score (nSPS) is 13.8. The number of hydrogen-bond acceptors (Lipinski definition) is 24. The smallest absolute Gasteiger partial charge is 0.303 e. The van der Waals surface area contributed by atoms with Crippen LogP contribution in [0.4, 0.5) is 0 Å². The van der Waals surface area contributed by atoms with E-state index in [0.717, 1.165) is 56.6 Å². The summed E-state index contributed by atoms with van der Waals surface area (Å²) in [5.74, 6) is 6.77. The number of esters is 1. The second-order valence-electron chi connectivity index (χ2n) is 28.8. The van der Waals surface area contributed by atoms with Gasteiger partial charge in [0.25, 0.3) is 0 Å². The van der Waals surface area contributed by atoms with E-state index < -0.39 is 36.0 Å². The number of fused-ring (bicyclic) bond motifs is 3. The molecule has 0 saturated carbocycles. The van der Waals surface area contributed by atoms with Gasteiger partial charge in [-0.2, -0.15) is 0 Å². The summed E-state index contributed by atoms with van der Waals surface area (Å²) in [6, 6.07) is 62.5. The van der Waals surface area contributed by atoms with Crippen molar-refractivity contribution in [1.82, 2.24) is 0 Å². The highest BCUT2D eigenvalue weighted by atomic mass is 16.5. The first-order chi connectivity index (χ1) is 60.8. The van der Waals surface area contributed by atoms with E-state index >= 15 is 0 Å². The SMILES string of the molecule is COc1ccc(/C=C/c2c(C(O)c3cc(OC)cc(OC)c3)c(OC)cc(OC)c2C(O)c2cc(OC)cc(OC)c2)cc1.COc1ccc(C2=Cc3cc(OC)cc(C)c3[C@@H]2c2cc(OC)cc(OC)c2)cc1.COc1ccc([C@H]2c3cc(OC)cc(O)c3C(=O)c3cc(OC)cc(OC)c3[C@@H]2OC(C)=O)cc1.Oc1ccc(/C=C/c2cc(O)cc(O)c2)cc1. The van der Waals surface area contributed by atoms with Gasteiger partial charge >= 0.3 is 5.97 Å². The van der Waals surface area contributed by atoms with Crippen LogP contribution in [-0.4, -0.2) is 149 Å². The molecule has 2 aliphatic rings. The molecular weight excluding hydrogens is 1610 g/mol. The number of ether oxygens (including phenoxy) is 16. The van der Waals surface area contributed by atoms with E-state index in [1.165, 1.54) is 76.9 Å². The quantitative estimate of drug-likeness (QED) is 0.0206. The molecule has 12 aromatic rings. The first-order valence-electron chi connectivity index (χ1n) is 39.6. The number of ketones is 1. The third-order valence-electron chi connectivity index (χ3n) is 21.3. The van der Waals surface area contributed by atoms with Crippen LogP contribution in [0.1, 0.15) is 142 Å². The number of methoxy groups -OCH3 is 15. The number of aliphatic hydroxyl groups is 2. The van der Waals surface area contributed by atoms with Crippen LogP contribution in [0, 0.1) is 6.92 Å². The van der Waals surface area contributed by atoms with Gasteiger partial charge in [-0.15, -0.1) is 0 Å². The highest BCUT2D eigenvalue weighted by molar-refractivity contribution is 6.14. The van der Waals surface area contributed by atoms with Crippen LogP contribution in [0.3, 0.4) is 0 Å². The average molecular weight is 1710 g/mol. The van der Waals surface area contributed by atoms with Crippen molar-refractivity contribution in [3.05, 3.63) is 312 Å². The Kier molecular flexibility index (Phi) is 30.8. The molecule has 14 rings (SSSR count). The first-order valence-corrected chi connectivity index (χ1v) is 39.6. The maximum Gasteiger partial charge on any atom is 0.303 e. The Morgan fingerprint density at radius 3 is 1.24 bits per heavy atom. The summed E-state index contributed by atoms with van der Waals surface area (Å²) in [7, 11) is 23.5. The Bertz CT molecular complexity index is 5740. The van der Waals surface area contributed by atoms with E-state index in [1.807, 2.05) is 72.8 Å². The standard InChI is InChI=1S/C35H38O9.C27H26O8.C26H26O4.C14H12O3/c1-38-24-11-8-21(9-12-24)10-13-29-32(34(36)22-14-25(39-2)18-26(15-22)40-3)30(43-6)20-31(44-7)33(29)35(37)23-16-27(41-4)19-28(17-23)42-5;1-14(28)35-27-23(15-6-8-16(31-2)9-7-15)19-10-17(32-3)12-21(29)24(19)26(30)20-11-18(33-4)13-22(34-5)25(20)27;1-16-10-21(28-3)13-19-14-24(17-6-8-20(27-2)9-7-17)26(25(16)19)18-11-22(29-4)15-23(12-18)30-5;15-12-5-3-10(4-6-12)1-2-11-7-13(16)9-14(17)8-11/h8-20,34-37H,1-7H3;6-13,23,27,29H,1-5H3;6-15,26H,1-5H3;1-9,15-17H/b13-10+;;;2-1+/t;23-,27+;26-;/m.01./s1. The number of aliphatic hydroxyl groups excluding tert-OH is 2. The number of carbonyl (C=O) groups excluding carboxylic acids is 2. The van der Waals surface area contributed by atoms with Crippen molar-refractivity contribution in [2.24, 2.45) is 0 Å². The lowest BCUT2D eigenvalue weighted by molar-refractivity contribution is -0.147. The molecule has 24 nitrogen and oxygen atoms in total. The highest BCUT2D eigenvalue weighted by Crippen LogP contribution is 2.54. The summed E-state index contributed by atoms with van der Waals surface area (Å²) in [4.78, 5) is 26.3. The molecule has 0 fully saturated rings. The average Bonchev–Trinajstić information content (AvgIpc) is 1.45. The largest absolute Gasteiger partial charge is 0.508 e. The third-order valence-corrected chi connectivity index (χ3v) is 21.3. The van der Waals surface area contributed by atoms with Crippen LogP contribution in [0.2, 0.25) is 0 Å². The van der Waals surface area contributed by atoms with E-state index in [1.54, 1.807) is 186 Å². The minimum atomic E-state index is -1.22. The van der Waals surface area contributed by atoms with Crippen LogP contribution in [0.25, 0.3) is 36.0 Å². The molecule has 0 aliphatic heterocycles. The number of benzene rings is 12. The van der Waals surface area contributed by atoms with E-state index in [9.17, 15) is 35.1 Å². The molecule has 0 radical (unpaired) electrons. The van der Waals surface area contributed by atoms with Crippen LogP contribution in [0.5, 0.6) is 109 Å². The molecule has 0 bridgehead atoms. The van der Waals surface area contributed by atoms with Crippen LogP contribution in [-0.2, 0) is 9.53 Å². The van der Waals surface area contributed by atoms with Crippen molar-refractivity contribution in [2.75, 3.05) is 107 Å². The summed E-state index contributed by atoms with van der Waals surface area (Å²) < 4.78 is 88.3. The number of phenols is 4. The fourth-order valence-corrected chi connectivity index (χ4v) is 15.2. The molecule has 0 amide bonds. The first kappa shape index (κ1) is 91.9. The van der Waals surface area contributed by atoms with Crippen molar-refractivity contribution in [3.8, 4) is 109 Å². The molecule has 0 saturated heterocycles. The highest BCUT2D eigenvalue weighted by Gasteiger charge is 2.43. The Morgan fingerprint density at radius 1 is 0.365 bits per heavy atom. The van der Waals surface area contributed by atoms with Crippen molar-refractivity contribution < 1.29 is 116 Å². The second kappa shape index (κ2) is 42.3. The molecule has 5 atom stereocenters. The summed E-state index contributed by atoms with van der Waals surface area (Å²) in [6.07, 6.45) is 6.13.